The molecule has 69 heavy (non-hydrogen) atoms. The SMILES string of the molecule is CC/C=C/C=C/C=C/C=C\CCCCCCC(O)C(=O)NC(COC1OC(CO)C(O)C(O)C1OC(=O)CCCCC/C=C\CCCCCCCCC)C(O)/C=C/CCCCCCCCCCCC. The van der Waals surface area contributed by atoms with Gasteiger partial charge in [0.05, 0.1) is 25.4 Å². The average Bonchev–Trinajstić information content (AvgIpc) is 3.34. The van der Waals surface area contributed by atoms with E-state index in [4.69, 9.17) is 14.2 Å². The minimum atomic E-state index is -1.62. The fraction of sp³-hybridized carbons (Fsp3) is 0.759. The molecule has 0 aliphatic carbocycles. The molecule has 11 heteroatoms. The van der Waals surface area contributed by atoms with Crippen LogP contribution in [0.2, 0.25) is 0 Å². The maximum atomic E-state index is 13.3. The highest BCUT2D eigenvalue weighted by Gasteiger charge is 2.47. The molecule has 398 valence electrons. The predicted octanol–water partition coefficient (Wildman–Crippen LogP) is 12.1. The molecule has 1 saturated heterocycles. The zero-order valence-corrected chi connectivity index (χ0v) is 43.7. The molecular weight excluding hydrogens is 871 g/mol. The summed E-state index contributed by atoms with van der Waals surface area (Å²) in [5, 5.41) is 56.7. The van der Waals surface area contributed by atoms with Crippen LogP contribution in [0.5, 0.6) is 0 Å². The first-order valence-corrected chi connectivity index (χ1v) is 27.8. The summed E-state index contributed by atoms with van der Waals surface area (Å²) >= 11 is 0. The summed E-state index contributed by atoms with van der Waals surface area (Å²) in [6, 6.07) is -1.04. The van der Waals surface area contributed by atoms with Crippen molar-refractivity contribution in [3.63, 3.8) is 0 Å². The molecule has 8 unspecified atom stereocenters. The third kappa shape index (κ3) is 35.0. The van der Waals surface area contributed by atoms with Crippen LogP contribution in [0.3, 0.4) is 0 Å². The van der Waals surface area contributed by atoms with Crippen molar-refractivity contribution in [2.24, 2.45) is 0 Å². The Hall–Kier alpha value is -2.90. The second-order valence-electron chi connectivity index (χ2n) is 19.0. The Morgan fingerprint density at radius 3 is 1.61 bits per heavy atom. The molecule has 1 fully saturated rings. The van der Waals surface area contributed by atoms with E-state index >= 15 is 0 Å². The summed E-state index contributed by atoms with van der Waals surface area (Å²) in [5.74, 6) is -1.24. The van der Waals surface area contributed by atoms with Crippen LogP contribution < -0.4 is 5.32 Å². The summed E-state index contributed by atoms with van der Waals surface area (Å²) in [7, 11) is 0. The van der Waals surface area contributed by atoms with Crippen LogP contribution in [-0.4, -0.2) is 99.6 Å². The number of carbonyl (C=O) groups is 2. The molecule has 11 nitrogen and oxygen atoms in total. The van der Waals surface area contributed by atoms with Crippen molar-refractivity contribution in [3.8, 4) is 0 Å². The molecule has 1 aliphatic rings. The van der Waals surface area contributed by atoms with Gasteiger partial charge in [0.1, 0.15) is 24.4 Å². The lowest BCUT2D eigenvalue weighted by molar-refractivity contribution is -0.305. The predicted molar refractivity (Wildman–Crippen MR) is 283 cm³/mol. The van der Waals surface area contributed by atoms with E-state index in [1.54, 1.807) is 6.08 Å². The van der Waals surface area contributed by atoms with Gasteiger partial charge in [-0.1, -0.05) is 216 Å². The Morgan fingerprint density at radius 1 is 0.580 bits per heavy atom. The third-order valence-corrected chi connectivity index (χ3v) is 12.7. The van der Waals surface area contributed by atoms with Gasteiger partial charge in [0.2, 0.25) is 5.91 Å². The van der Waals surface area contributed by atoms with Gasteiger partial charge in [0.25, 0.3) is 0 Å². The van der Waals surface area contributed by atoms with Crippen molar-refractivity contribution < 1.29 is 49.3 Å². The lowest BCUT2D eigenvalue weighted by Gasteiger charge is -2.41. The minimum Gasteiger partial charge on any atom is -0.454 e. The Morgan fingerprint density at radius 2 is 1.06 bits per heavy atom. The zero-order valence-electron chi connectivity index (χ0n) is 43.7. The Labute approximate surface area is 420 Å². The number of aliphatic hydroxyl groups is 5. The molecule has 0 saturated carbocycles. The molecule has 8 atom stereocenters. The molecule has 0 bridgehead atoms. The van der Waals surface area contributed by atoms with Crippen molar-refractivity contribution in [1.29, 1.82) is 0 Å². The molecule has 1 heterocycles. The number of unbranched alkanes of at least 4 members (excludes halogenated alkanes) is 24. The van der Waals surface area contributed by atoms with Gasteiger partial charge >= 0.3 is 5.97 Å². The fourth-order valence-electron chi connectivity index (χ4n) is 8.24. The number of carbonyl (C=O) groups excluding carboxylic acids is 2. The van der Waals surface area contributed by atoms with E-state index < -0.39 is 67.4 Å². The summed E-state index contributed by atoms with van der Waals surface area (Å²) in [4.78, 5) is 26.4. The van der Waals surface area contributed by atoms with Gasteiger partial charge in [0, 0.05) is 6.42 Å². The normalized spacial score (nSPS) is 20.4. The molecule has 1 rings (SSSR count). The standard InChI is InChI=1S/C58H101NO10/c1-4-7-10-13-16-19-22-25-27-30-33-36-39-42-45-51(62)57(66)59-49(50(61)44-41-38-35-32-29-24-21-18-15-12-9-6-3)48-67-58-56(55(65)54(64)52(47-60)68-58)69-53(63)46-43-40-37-34-31-28-26-23-20-17-14-11-8-5-2/h7,10,13,16,19,22,25,27-28,31,41,44,49-52,54-56,58,60-62,64-65H,4-6,8-9,11-12,14-15,17-18,20-21,23-24,26,29-30,32-40,42-43,45-48H2,1-3H3,(H,59,66)/b10-7+,16-13+,22-19+,27-25-,31-28-,44-41+. The molecule has 0 aromatic heterocycles. The molecule has 0 aromatic carbocycles. The number of aliphatic hydroxyl groups excluding tert-OH is 5. The summed E-state index contributed by atoms with van der Waals surface area (Å²) in [6.45, 7) is 5.59. The molecule has 1 amide bonds. The second kappa shape index (κ2) is 46.2. The summed E-state index contributed by atoms with van der Waals surface area (Å²) < 4.78 is 17.5. The van der Waals surface area contributed by atoms with Crippen LogP contribution in [0.15, 0.2) is 72.9 Å². The van der Waals surface area contributed by atoms with Gasteiger partial charge in [-0.3, -0.25) is 9.59 Å². The van der Waals surface area contributed by atoms with Crippen LogP contribution in [0.1, 0.15) is 220 Å². The van der Waals surface area contributed by atoms with E-state index in [1.165, 1.54) is 96.3 Å². The first-order chi connectivity index (χ1) is 33.7. The Kier molecular flexibility index (Phi) is 42.9. The van der Waals surface area contributed by atoms with Gasteiger partial charge in [-0.2, -0.15) is 0 Å². The van der Waals surface area contributed by atoms with Gasteiger partial charge < -0.3 is 45.1 Å². The summed E-state index contributed by atoms with van der Waals surface area (Å²) in [6.07, 6.45) is 46.6. The van der Waals surface area contributed by atoms with Crippen LogP contribution in [0, 0.1) is 0 Å². The molecule has 0 spiro atoms. The van der Waals surface area contributed by atoms with Gasteiger partial charge in [-0.05, 0) is 70.6 Å². The third-order valence-electron chi connectivity index (χ3n) is 12.7. The van der Waals surface area contributed by atoms with Crippen molar-refractivity contribution in [2.45, 2.75) is 269 Å². The van der Waals surface area contributed by atoms with Crippen LogP contribution in [0.25, 0.3) is 0 Å². The highest BCUT2D eigenvalue weighted by Crippen LogP contribution is 2.26. The highest BCUT2D eigenvalue weighted by atomic mass is 16.7. The fourth-order valence-corrected chi connectivity index (χ4v) is 8.24. The van der Waals surface area contributed by atoms with Gasteiger partial charge in [0.15, 0.2) is 12.4 Å². The lowest BCUT2D eigenvalue weighted by atomic mass is 9.99. The van der Waals surface area contributed by atoms with Crippen LogP contribution in [0.4, 0.5) is 0 Å². The number of rotatable bonds is 45. The largest absolute Gasteiger partial charge is 0.454 e. The van der Waals surface area contributed by atoms with Crippen LogP contribution >= 0.6 is 0 Å². The quantitative estimate of drug-likeness (QED) is 0.0149. The Bertz CT molecular complexity index is 1390. The van der Waals surface area contributed by atoms with Crippen LogP contribution in [-0.2, 0) is 23.8 Å². The molecule has 0 aromatic rings. The lowest BCUT2D eigenvalue weighted by Crippen LogP contribution is -2.61. The maximum absolute atomic E-state index is 13.3. The summed E-state index contributed by atoms with van der Waals surface area (Å²) in [5.41, 5.74) is 0. The molecule has 6 N–H and O–H groups in total. The molecule has 0 radical (unpaired) electrons. The average molecular weight is 972 g/mol. The smallest absolute Gasteiger partial charge is 0.306 e. The van der Waals surface area contributed by atoms with Crippen molar-refractivity contribution in [2.75, 3.05) is 13.2 Å². The zero-order chi connectivity index (χ0) is 50.4. The number of esters is 1. The van der Waals surface area contributed by atoms with Crippen molar-refractivity contribution in [1.82, 2.24) is 5.32 Å². The number of ether oxygens (including phenoxy) is 3. The van der Waals surface area contributed by atoms with E-state index in [0.717, 1.165) is 77.0 Å². The molecular formula is C58H101NO10. The molecule has 1 aliphatic heterocycles. The number of hydrogen-bond donors (Lipinski definition) is 6. The highest BCUT2D eigenvalue weighted by molar-refractivity contribution is 5.80. The van der Waals surface area contributed by atoms with E-state index in [1.807, 2.05) is 42.5 Å². The van der Waals surface area contributed by atoms with Crippen molar-refractivity contribution >= 4 is 11.9 Å². The van der Waals surface area contributed by atoms with Gasteiger partial charge in [-0.15, -0.1) is 0 Å². The van der Waals surface area contributed by atoms with Crippen molar-refractivity contribution in [3.05, 3.63) is 72.9 Å². The van der Waals surface area contributed by atoms with E-state index in [0.29, 0.717) is 12.8 Å². The first kappa shape index (κ1) is 64.1. The minimum absolute atomic E-state index is 0.0978. The topological polar surface area (TPSA) is 175 Å². The van der Waals surface area contributed by atoms with E-state index in [-0.39, 0.29) is 19.4 Å². The number of allylic oxidation sites excluding steroid dienone is 11. The van der Waals surface area contributed by atoms with Gasteiger partial charge in [-0.25, -0.2) is 0 Å². The number of amides is 1. The number of nitrogens with one attached hydrogen (secondary N) is 1. The number of hydrogen-bond acceptors (Lipinski definition) is 10. The monoisotopic (exact) mass is 972 g/mol. The Balaban J connectivity index is 2.79. The maximum Gasteiger partial charge on any atom is 0.306 e. The second-order valence-corrected chi connectivity index (χ2v) is 19.0. The van der Waals surface area contributed by atoms with E-state index in [9.17, 15) is 35.1 Å². The van der Waals surface area contributed by atoms with E-state index in [2.05, 4.69) is 50.4 Å². The first-order valence-electron chi connectivity index (χ1n) is 27.8.